The van der Waals surface area contributed by atoms with E-state index in [4.69, 9.17) is 0 Å². The van der Waals surface area contributed by atoms with Gasteiger partial charge in [0.05, 0.1) is 0 Å². The van der Waals surface area contributed by atoms with Crippen LogP contribution < -0.4 is 24.8 Å². The van der Waals surface area contributed by atoms with Gasteiger partial charge in [0, 0.05) is 0 Å². The van der Waals surface area contributed by atoms with Gasteiger partial charge in [0.1, 0.15) is 0 Å². The third-order valence-electron chi connectivity index (χ3n) is 2.60. The van der Waals surface area contributed by atoms with Gasteiger partial charge >= 0.3 is 26.2 Å². The first kappa shape index (κ1) is 22.6. The molecule has 3 heteroatoms. The first-order valence-electron chi connectivity index (χ1n) is 5.56. The molecule has 0 radical (unpaired) electrons. The Labute approximate surface area is 137 Å². The van der Waals surface area contributed by atoms with Gasteiger partial charge in [-0.15, -0.1) is 0 Å². The molecule has 0 aliphatic heterocycles. The van der Waals surface area contributed by atoms with Crippen molar-refractivity contribution in [3.05, 3.63) is 47.6 Å². The van der Waals surface area contributed by atoms with Crippen LogP contribution >= 0.6 is 0 Å². The molecule has 0 N–H and O–H groups in total. The summed E-state index contributed by atoms with van der Waals surface area (Å²) in [5, 5.41) is 0. The molecule has 2 aliphatic carbocycles. The molecule has 0 unspecified atom stereocenters. The Balaban J connectivity index is -0.000000196. The molecule has 2 rings (SSSR count). The van der Waals surface area contributed by atoms with Crippen LogP contribution in [0.3, 0.4) is 0 Å². The Kier molecular flexibility index (Phi) is 19.2. The smallest absolute Gasteiger partial charge is 1.00 e. The molecule has 0 heterocycles. The number of hydrogen-bond donors (Lipinski definition) is 0. The fourth-order valence-electron chi connectivity index (χ4n) is 1.51. The largest absolute Gasteiger partial charge is 2.00 e. The number of allylic oxidation sites excluding steroid dienone is 8. The van der Waals surface area contributed by atoms with Gasteiger partial charge in [-0.3, -0.25) is 0 Å². The molecule has 0 amide bonds. The SMILES string of the molecule is CCC1=CC=CC1.CCC1=CC=CC1.[Cl-].[Cl-].[Zr+2]. The van der Waals surface area contributed by atoms with Crippen LogP contribution in [0.5, 0.6) is 0 Å². The van der Waals surface area contributed by atoms with E-state index in [2.05, 4.69) is 50.3 Å². The van der Waals surface area contributed by atoms with Crippen LogP contribution in [0.25, 0.3) is 0 Å². The van der Waals surface area contributed by atoms with E-state index in [-0.39, 0.29) is 51.0 Å². The minimum atomic E-state index is 0. The average Bonchev–Trinajstić information content (AvgIpc) is 2.92. The van der Waals surface area contributed by atoms with Crippen molar-refractivity contribution in [1.82, 2.24) is 0 Å². The number of halogens is 2. The minimum Gasteiger partial charge on any atom is -1.00 e. The fourth-order valence-corrected chi connectivity index (χ4v) is 1.51. The molecule has 0 saturated carbocycles. The van der Waals surface area contributed by atoms with Crippen LogP contribution in [0.1, 0.15) is 39.5 Å². The first-order chi connectivity index (χ1) is 6.86. The summed E-state index contributed by atoms with van der Waals surface area (Å²) in [6.07, 6.45) is 17.8. The Hall–Kier alpha value is 0.423. The van der Waals surface area contributed by atoms with E-state index in [0.717, 1.165) is 0 Å². The Morgan fingerprint density at radius 1 is 0.824 bits per heavy atom. The molecule has 0 fully saturated rings. The van der Waals surface area contributed by atoms with Gasteiger partial charge in [-0.05, 0) is 25.7 Å². The zero-order valence-corrected chi connectivity index (χ0v) is 14.5. The molecule has 0 nitrogen and oxygen atoms in total. The summed E-state index contributed by atoms with van der Waals surface area (Å²) < 4.78 is 0. The van der Waals surface area contributed by atoms with Crippen molar-refractivity contribution in [3.8, 4) is 0 Å². The van der Waals surface area contributed by atoms with Crippen molar-refractivity contribution in [2.45, 2.75) is 39.5 Å². The van der Waals surface area contributed by atoms with Crippen molar-refractivity contribution >= 4 is 0 Å². The van der Waals surface area contributed by atoms with E-state index < -0.39 is 0 Å². The molecule has 17 heavy (non-hydrogen) atoms. The molecule has 94 valence electrons. The molecule has 0 atom stereocenters. The molecule has 0 aromatic heterocycles. The summed E-state index contributed by atoms with van der Waals surface area (Å²) >= 11 is 0. The van der Waals surface area contributed by atoms with E-state index in [0.29, 0.717) is 0 Å². The van der Waals surface area contributed by atoms with Gasteiger partial charge in [-0.2, -0.15) is 0 Å². The van der Waals surface area contributed by atoms with Crippen molar-refractivity contribution in [2.75, 3.05) is 0 Å². The average molecular weight is 350 g/mol. The van der Waals surface area contributed by atoms with Crippen molar-refractivity contribution < 1.29 is 51.0 Å². The van der Waals surface area contributed by atoms with E-state index in [9.17, 15) is 0 Å². The van der Waals surface area contributed by atoms with Crippen LogP contribution in [0, 0.1) is 0 Å². The molecule has 0 aromatic rings. The van der Waals surface area contributed by atoms with Gasteiger partial charge in [0.25, 0.3) is 0 Å². The molecule has 0 saturated heterocycles. The van der Waals surface area contributed by atoms with E-state index in [1.165, 1.54) is 25.7 Å². The zero-order chi connectivity index (χ0) is 10.2. The van der Waals surface area contributed by atoms with Gasteiger partial charge in [0.15, 0.2) is 0 Å². The van der Waals surface area contributed by atoms with E-state index >= 15 is 0 Å². The maximum atomic E-state index is 2.19. The zero-order valence-electron chi connectivity index (χ0n) is 10.5. The standard InChI is InChI=1S/2C7H10.2ClH.Zr/c2*1-2-7-5-3-4-6-7;;;/h2*3-5H,2,6H2,1H3;2*1H;/q;;;;+2/p-2. The second kappa shape index (κ2) is 14.5. The molecule has 2 aliphatic rings. The second-order valence-corrected chi connectivity index (χ2v) is 3.62. The van der Waals surface area contributed by atoms with Crippen LogP contribution in [0.2, 0.25) is 0 Å². The molecular formula is C14H20Cl2Zr. The summed E-state index contributed by atoms with van der Waals surface area (Å²) in [5.41, 5.74) is 3.11. The summed E-state index contributed by atoms with van der Waals surface area (Å²) in [6.45, 7) is 4.39. The first-order valence-corrected chi connectivity index (χ1v) is 5.56. The number of hydrogen-bond acceptors (Lipinski definition) is 0. The van der Waals surface area contributed by atoms with Crippen LogP contribution in [-0.4, -0.2) is 0 Å². The molecular weight excluding hydrogens is 330 g/mol. The monoisotopic (exact) mass is 348 g/mol. The summed E-state index contributed by atoms with van der Waals surface area (Å²) in [5.74, 6) is 0. The Morgan fingerprint density at radius 2 is 1.18 bits per heavy atom. The number of rotatable bonds is 2. The molecule has 0 aromatic carbocycles. The van der Waals surface area contributed by atoms with Crippen molar-refractivity contribution in [3.63, 3.8) is 0 Å². The molecule has 0 spiro atoms. The van der Waals surface area contributed by atoms with Crippen LogP contribution in [-0.2, 0) is 26.2 Å². The topological polar surface area (TPSA) is 0 Å². The van der Waals surface area contributed by atoms with Gasteiger partial charge in [-0.25, -0.2) is 0 Å². The quantitative estimate of drug-likeness (QED) is 0.573. The maximum absolute atomic E-state index is 2.19. The predicted molar refractivity (Wildman–Crippen MR) is 64.3 cm³/mol. The van der Waals surface area contributed by atoms with Crippen LogP contribution in [0.15, 0.2) is 47.6 Å². The normalized spacial score (nSPS) is 14.5. The van der Waals surface area contributed by atoms with Gasteiger partial charge in [-0.1, -0.05) is 61.4 Å². The summed E-state index contributed by atoms with van der Waals surface area (Å²) in [6, 6.07) is 0. The van der Waals surface area contributed by atoms with E-state index in [1.807, 2.05) is 0 Å². The summed E-state index contributed by atoms with van der Waals surface area (Å²) in [7, 11) is 0. The Morgan fingerprint density at radius 3 is 1.29 bits per heavy atom. The molecule has 0 bridgehead atoms. The second-order valence-electron chi connectivity index (χ2n) is 3.62. The van der Waals surface area contributed by atoms with Crippen LogP contribution in [0.4, 0.5) is 0 Å². The van der Waals surface area contributed by atoms with Gasteiger partial charge in [0.2, 0.25) is 0 Å². The summed E-state index contributed by atoms with van der Waals surface area (Å²) in [4.78, 5) is 0. The van der Waals surface area contributed by atoms with E-state index in [1.54, 1.807) is 11.1 Å². The van der Waals surface area contributed by atoms with Crippen molar-refractivity contribution in [1.29, 1.82) is 0 Å². The fraction of sp³-hybridized carbons (Fsp3) is 0.429. The van der Waals surface area contributed by atoms with Gasteiger partial charge < -0.3 is 24.8 Å². The minimum absolute atomic E-state index is 0. The third kappa shape index (κ3) is 10.1. The Bertz CT molecular complexity index is 259. The maximum Gasteiger partial charge on any atom is 2.00 e. The third-order valence-corrected chi connectivity index (χ3v) is 2.60. The predicted octanol–water partition coefficient (Wildman–Crippen LogP) is -1.43. The van der Waals surface area contributed by atoms with Crippen molar-refractivity contribution in [2.24, 2.45) is 0 Å².